The van der Waals surface area contributed by atoms with E-state index in [1.54, 1.807) is 6.20 Å². The van der Waals surface area contributed by atoms with Crippen molar-refractivity contribution >= 4 is 11.6 Å². The second-order valence-corrected chi connectivity index (χ2v) is 4.20. The average molecular weight is 241 g/mol. The number of amides is 1. The minimum atomic E-state index is -0.0694. The molecule has 2 aromatic rings. The first-order valence-corrected chi connectivity index (χ1v) is 5.74. The lowest BCUT2D eigenvalue weighted by atomic mass is 10.0. The quantitative estimate of drug-likeness (QED) is 0.879. The molecule has 1 amide bonds. The molecule has 0 saturated heterocycles. The van der Waals surface area contributed by atoms with Crippen LogP contribution in [0.3, 0.4) is 0 Å². The number of hydrogen-bond acceptors (Lipinski definition) is 3. The molecule has 0 saturated carbocycles. The molecule has 1 heterocycles. The van der Waals surface area contributed by atoms with Crippen LogP contribution in [0.25, 0.3) is 11.3 Å². The van der Waals surface area contributed by atoms with Crippen molar-refractivity contribution in [2.45, 2.75) is 20.8 Å². The van der Waals surface area contributed by atoms with Crippen LogP contribution in [0.1, 0.15) is 18.3 Å². The molecule has 0 aliphatic heterocycles. The third-order valence-corrected chi connectivity index (χ3v) is 2.60. The summed E-state index contributed by atoms with van der Waals surface area (Å²) >= 11 is 0. The molecule has 18 heavy (non-hydrogen) atoms. The van der Waals surface area contributed by atoms with Gasteiger partial charge in [-0.05, 0) is 37.6 Å². The van der Waals surface area contributed by atoms with E-state index in [2.05, 4.69) is 15.3 Å². The zero-order chi connectivity index (χ0) is 13.1. The molecule has 1 aromatic heterocycles. The second-order valence-electron chi connectivity index (χ2n) is 4.20. The molecule has 0 unspecified atom stereocenters. The van der Waals surface area contributed by atoms with Crippen LogP contribution in [0.5, 0.6) is 0 Å². The number of aryl methyl sites for hydroxylation is 2. The van der Waals surface area contributed by atoms with E-state index in [9.17, 15) is 4.79 Å². The van der Waals surface area contributed by atoms with E-state index in [0.29, 0.717) is 0 Å². The Morgan fingerprint density at radius 3 is 2.61 bits per heavy atom. The van der Waals surface area contributed by atoms with Gasteiger partial charge >= 0.3 is 0 Å². The highest BCUT2D eigenvalue weighted by Crippen LogP contribution is 2.24. The minimum Gasteiger partial charge on any atom is -0.326 e. The molecule has 0 spiro atoms. The van der Waals surface area contributed by atoms with E-state index >= 15 is 0 Å². The van der Waals surface area contributed by atoms with E-state index in [1.807, 2.05) is 38.1 Å². The first-order valence-electron chi connectivity index (χ1n) is 5.74. The lowest BCUT2D eigenvalue weighted by Crippen LogP contribution is -2.05. The number of carbonyl (C=O) groups is 1. The zero-order valence-corrected chi connectivity index (χ0v) is 10.7. The summed E-state index contributed by atoms with van der Waals surface area (Å²) in [4.78, 5) is 19.5. The van der Waals surface area contributed by atoms with Gasteiger partial charge in [0.05, 0.1) is 5.69 Å². The van der Waals surface area contributed by atoms with Crippen LogP contribution in [0, 0.1) is 13.8 Å². The molecule has 0 bridgehead atoms. The maximum Gasteiger partial charge on any atom is 0.221 e. The molecule has 0 aliphatic carbocycles. The summed E-state index contributed by atoms with van der Waals surface area (Å²) in [6.07, 6.45) is 1.75. The van der Waals surface area contributed by atoms with Crippen molar-refractivity contribution in [3.8, 4) is 11.3 Å². The van der Waals surface area contributed by atoms with Gasteiger partial charge in [0, 0.05) is 24.4 Å². The number of nitrogens with zero attached hydrogens (tertiary/aromatic N) is 2. The summed E-state index contributed by atoms with van der Waals surface area (Å²) in [6, 6.07) is 7.66. The van der Waals surface area contributed by atoms with Crippen LogP contribution in [-0.4, -0.2) is 15.9 Å². The van der Waals surface area contributed by atoms with Gasteiger partial charge in [-0.1, -0.05) is 6.07 Å². The molecule has 0 fully saturated rings. The first-order chi connectivity index (χ1) is 8.56. The molecule has 0 radical (unpaired) electrons. The minimum absolute atomic E-state index is 0.0694. The van der Waals surface area contributed by atoms with Crippen LogP contribution in [0.4, 0.5) is 5.69 Å². The Morgan fingerprint density at radius 2 is 2.00 bits per heavy atom. The summed E-state index contributed by atoms with van der Waals surface area (Å²) in [6.45, 7) is 5.36. The molecule has 1 aromatic carbocycles. The van der Waals surface area contributed by atoms with Gasteiger partial charge in [-0.25, -0.2) is 9.97 Å². The fraction of sp³-hybridized carbons (Fsp3) is 0.214. The van der Waals surface area contributed by atoms with Gasteiger partial charge in [0.1, 0.15) is 5.82 Å². The number of carbonyl (C=O) groups excluding carboxylic acids is 1. The highest BCUT2D eigenvalue weighted by Gasteiger charge is 2.05. The van der Waals surface area contributed by atoms with Crippen molar-refractivity contribution in [2.24, 2.45) is 0 Å². The first kappa shape index (κ1) is 12.2. The molecule has 1 N–H and O–H groups in total. The summed E-state index contributed by atoms with van der Waals surface area (Å²) in [5.74, 6) is 0.679. The Balaban J connectivity index is 2.38. The molecule has 2 rings (SSSR count). The van der Waals surface area contributed by atoms with Crippen LogP contribution in [0.2, 0.25) is 0 Å². The molecular weight excluding hydrogens is 226 g/mol. The maximum absolute atomic E-state index is 11.0. The fourth-order valence-corrected chi connectivity index (χ4v) is 1.84. The average Bonchev–Trinajstić information content (AvgIpc) is 2.28. The fourth-order valence-electron chi connectivity index (χ4n) is 1.84. The van der Waals surface area contributed by atoms with Gasteiger partial charge in [-0.15, -0.1) is 0 Å². The van der Waals surface area contributed by atoms with E-state index in [4.69, 9.17) is 0 Å². The molecule has 92 valence electrons. The predicted molar refractivity (Wildman–Crippen MR) is 71.2 cm³/mol. The molecule has 0 aliphatic rings. The monoisotopic (exact) mass is 241 g/mol. The van der Waals surface area contributed by atoms with Gasteiger partial charge in [0.25, 0.3) is 0 Å². The lowest BCUT2D eigenvalue weighted by Gasteiger charge is -2.08. The number of benzene rings is 1. The van der Waals surface area contributed by atoms with E-state index in [0.717, 1.165) is 28.3 Å². The van der Waals surface area contributed by atoms with Crippen LogP contribution >= 0.6 is 0 Å². The molecule has 4 heteroatoms. The van der Waals surface area contributed by atoms with Crippen molar-refractivity contribution in [3.63, 3.8) is 0 Å². The van der Waals surface area contributed by atoms with Crippen LogP contribution < -0.4 is 5.32 Å². The summed E-state index contributed by atoms with van der Waals surface area (Å²) in [7, 11) is 0. The number of aromatic nitrogens is 2. The van der Waals surface area contributed by atoms with Crippen LogP contribution in [-0.2, 0) is 4.79 Å². The van der Waals surface area contributed by atoms with E-state index < -0.39 is 0 Å². The van der Waals surface area contributed by atoms with Gasteiger partial charge in [0.15, 0.2) is 0 Å². The van der Waals surface area contributed by atoms with Crippen molar-refractivity contribution < 1.29 is 4.79 Å². The van der Waals surface area contributed by atoms with Crippen molar-refractivity contribution in [3.05, 3.63) is 41.9 Å². The molecular formula is C14H15N3O. The largest absolute Gasteiger partial charge is 0.326 e. The Labute approximate surface area is 106 Å². The smallest absolute Gasteiger partial charge is 0.221 e. The number of nitrogens with one attached hydrogen (secondary N) is 1. The lowest BCUT2D eigenvalue weighted by molar-refractivity contribution is -0.114. The third kappa shape index (κ3) is 2.71. The SMILES string of the molecule is CC(=O)Nc1ccc(-c2ccnc(C)n2)c(C)c1. The van der Waals surface area contributed by atoms with Crippen molar-refractivity contribution in [2.75, 3.05) is 5.32 Å². The maximum atomic E-state index is 11.0. The summed E-state index contributed by atoms with van der Waals surface area (Å²) < 4.78 is 0. The Kier molecular flexibility index (Phi) is 3.37. The van der Waals surface area contributed by atoms with Gasteiger partial charge in [-0.2, -0.15) is 0 Å². The number of rotatable bonds is 2. The standard InChI is InChI=1S/C14H15N3O/c1-9-8-12(17-11(3)18)4-5-13(9)14-6-7-15-10(2)16-14/h4-8H,1-3H3,(H,17,18). The topological polar surface area (TPSA) is 54.9 Å². The van der Waals surface area contributed by atoms with Gasteiger partial charge < -0.3 is 5.32 Å². The van der Waals surface area contributed by atoms with Gasteiger partial charge in [-0.3, -0.25) is 4.79 Å². The normalized spacial score (nSPS) is 10.2. The van der Waals surface area contributed by atoms with Gasteiger partial charge in [0.2, 0.25) is 5.91 Å². The summed E-state index contributed by atoms with van der Waals surface area (Å²) in [5.41, 5.74) is 3.82. The van der Waals surface area contributed by atoms with E-state index in [-0.39, 0.29) is 5.91 Å². The molecule has 4 nitrogen and oxygen atoms in total. The Hall–Kier alpha value is -2.23. The Bertz CT molecular complexity index is 593. The number of hydrogen-bond donors (Lipinski definition) is 1. The second kappa shape index (κ2) is 4.96. The highest BCUT2D eigenvalue weighted by atomic mass is 16.1. The predicted octanol–water partition coefficient (Wildman–Crippen LogP) is 2.72. The van der Waals surface area contributed by atoms with Crippen molar-refractivity contribution in [1.82, 2.24) is 9.97 Å². The highest BCUT2D eigenvalue weighted by molar-refractivity contribution is 5.89. The summed E-state index contributed by atoms with van der Waals surface area (Å²) in [5, 5.41) is 2.76. The van der Waals surface area contributed by atoms with E-state index in [1.165, 1.54) is 6.92 Å². The van der Waals surface area contributed by atoms with Crippen LogP contribution in [0.15, 0.2) is 30.5 Å². The third-order valence-electron chi connectivity index (χ3n) is 2.60. The zero-order valence-electron chi connectivity index (χ0n) is 10.7. The van der Waals surface area contributed by atoms with Crippen molar-refractivity contribution in [1.29, 1.82) is 0 Å². The number of anilines is 1. The Morgan fingerprint density at radius 1 is 1.22 bits per heavy atom. The molecule has 0 atom stereocenters.